The molecule has 5 nitrogen and oxygen atoms in total. The molecule has 0 N–H and O–H groups in total. The third-order valence-electron chi connectivity index (χ3n) is 3.42. The number of esters is 1. The van der Waals surface area contributed by atoms with Gasteiger partial charge in [-0.1, -0.05) is 11.8 Å². The first-order chi connectivity index (χ1) is 10.6. The van der Waals surface area contributed by atoms with Crippen LogP contribution in [0.2, 0.25) is 0 Å². The van der Waals surface area contributed by atoms with Crippen LogP contribution in [-0.2, 0) is 14.3 Å². The Morgan fingerprint density at radius 1 is 1.45 bits per heavy atom. The van der Waals surface area contributed by atoms with Crippen molar-refractivity contribution in [1.82, 2.24) is 0 Å². The summed E-state index contributed by atoms with van der Waals surface area (Å²) in [4.78, 5) is 25.5. The number of methoxy groups -OCH3 is 2. The Hall–Kier alpha value is -1.40. The molecule has 22 heavy (non-hydrogen) atoms. The topological polar surface area (TPSA) is 61.8 Å². The zero-order chi connectivity index (χ0) is 16.2. The molecule has 120 valence electrons. The molecule has 1 aromatic carbocycles. The van der Waals surface area contributed by atoms with Gasteiger partial charge in [-0.15, -0.1) is 11.6 Å². The zero-order valence-electron chi connectivity index (χ0n) is 12.4. The van der Waals surface area contributed by atoms with Crippen molar-refractivity contribution in [3.8, 4) is 11.5 Å². The normalized spacial score (nSPS) is 20.6. The van der Waals surface area contributed by atoms with E-state index in [2.05, 4.69) is 0 Å². The van der Waals surface area contributed by atoms with Gasteiger partial charge in [0.05, 0.1) is 19.1 Å². The lowest BCUT2D eigenvalue weighted by atomic mass is 9.97. The number of alkyl halides is 1. The van der Waals surface area contributed by atoms with Gasteiger partial charge in [0.1, 0.15) is 18.1 Å². The predicted molar refractivity (Wildman–Crippen MR) is 84.1 cm³/mol. The van der Waals surface area contributed by atoms with Gasteiger partial charge in [-0.3, -0.25) is 9.59 Å². The quantitative estimate of drug-likeness (QED) is 0.465. The summed E-state index contributed by atoms with van der Waals surface area (Å²) < 4.78 is 14.3. The second-order valence-electron chi connectivity index (χ2n) is 4.74. The molecular formula is C15H17ClO5S. The van der Waals surface area contributed by atoms with E-state index >= 15 is 0 Å². The zero-order valence-corrected chi connectivity index (χ0v) is 14.0. The molecule has 2 rings (SSSR count). The summed E-state index contributed by atoms with van der Waals surface area (Å²) in [6, 6.07) is 5.22. The van der Waals surface area contributed by atoms with Crippen LogP contribution in [0.1, 0.15) is 12.8 Å². The van der Waals surface area contributed by atoms with Gasteiger partial charge in [0.2, 0.25) is 0 Å². The van der Waals surface area contributed by atoms with Crippen LogP contribution in [0.3, 0.4) is 0 Å². The average Bonchev–Trinajstić information content (AvgIpc) is 2.69. The summed E-state index contributed by atoms with van der Waals surface area (Å²) in [5, 5.41) is 0. The lowest BCUT2D eigenvalue weighted by Gasteiger charge is -2.26. The number of ether oxygens (including phenoxy) is 3. The Labute approximate surface area is 138 Å². The van der Waals surface area contributed by atoms with Crippen LogP contribution in [0.15, 0.2) is 23.1 Å². The van der Waals surface area contributed by atoms with E-state index in [1.54, 1.807) is 25.3 Å². The number of hydrogen-bond acceptors (Lipinski definition) is 6. The smallest absolute Gasteiger partial charge is 0.330 e. The minimum atomic E-state index is -1.33. The molecule has 0 aliphatic carbocycles. The summed E-state index contributed by atoms with van der Waals surface area (Å²) >= 11 is 6.89. The summed E-state index contributed by atoms with van der Waals surface area (Å²) in [5.41, 5.74) is 0. The van der Waals surface area contributed by atoms with Crippen LogP contribution >= 0.6 is 23.4 Å². The molecule has 0 saturated carbocycles. The Morgan fingerprint density at radius 3 is 2.86 bits per heavy atom. The summed E-state index contributed by atoms with van der Waals surface area (Å²) in [5.74, 6) is 0.644. The Kier molecular flexibility index (Phi) is 5.58. The van der Waals surface area contributed by atoms with Crippen LogP contribution in [-0.4, -0.2) is 43.2 Å². The van der Waals surface area contributed by atoms with Crippen molar-refractivity contribution in [1.29, 1.82) is 0 Å². The van der Waals surface area contributed by atoms with Crippen molar-refractivity contribution in [2.24, 2.45) is 0 Å². The molecule has 0 fully saturated rings. The first-order valence-corrected chi connectivity index (χ1v) is 8.10. The van der Waals surface area contributed by atoms with Crippen LogP contribution in [0.25, 0.3) is 0 Å². The molecule has 0 saturated heterocycles. The number of fused-ring (bicyclic) bond motifs is 1. The SMILES string of the molecule is COC(=O)C1(CCCCl)Sc2cc(OC)ccc2OCC1=O. The highest BCUT2D eigenvalue weighted by Crippen LogP contribution is 2.46. The summed E-state index contributed by atoms with van der Waals surface area (Å²) in [7, 11) is 2.83. The van der Waals surface area contributed by atoms with E-state index in [-0.39, 0.29) is 12.4 Å². The highest BCUT2D eigenvalue weighted by Gasteiger charge is 2.49. The lowest BCUT2D eigenvalue weighted by Crippen LogP contribution is -2.46. The van der Waals surface area contributed by atoms with Crippen LogP contribution in [0.4, 0.5) is 0 Å². The number of hydrogen-bond donors (Lipinski definition) is 0. The fourth-order valence-corrected chi connectivity index (χ4v) is 3.75. The molecule has 1 unspecified atom stereocenters. The van der Waals surface area contributed by atoms with Gasteiger partial charge in [-0.25, -0.2) is 0 Å². The highest BCUT2D eigenvalue weighted by molar-refractivity contribution is 8.02. The fraction of sp³-hybridized carbons (Fsp3) is 0.467. The van der Waals surface area contributed by atoms with Crippen LogP contribution < -0.4 is 9.47 Å². The van der Waals surface area contributed by atoms with Crippen LogP contribution in [0, 0.1) is 0 Å². The van der Waals surface area contributed by atoms with Crippen molar-refractivity contribution in [2.45, 2.75) is 22.5 Å². The van der Waals surface area contributed by atoms with E-state index in [4.69, 9.17) is 25.8 Å². The van der Waals surface area contributed by atoms with Gasteiger partial charge in [-0.05, 0) is 31.0 Å². The number of carbonyl (C=O) groups is 2. The molecule has 1 heterocycles. The molecule has 1 aliphatic heterocycles. The van der Waals surface area contributed by atoms with E-state index in [0.29, 0.717) is 35.1 Å². The lowest BCUT2D eigenvalue weighted by molar-refractivity contribution is -0.147. The molecule has 0 radical (unpaired) electrons. The fourth-order valence-electron chi connectivity index (χ4n) is 2.25. The van der Waals surface area contributed by atoms with Crippen molar-refractivity contribution in [3.05, 3.63) is 18.2 Å². The highest BCUT2D eigenvalue weighted by atomic mass is 35.5. The van der Waals surface area contributed by atoms with E-state index in [9.17, 15) is 9.59 Å². The molecule has 0 bridgehead atoms. The Bertz CT molecular complexity index is 577. The van der Waals surface area contributed by atoms with Crippen LogP contribution in [0.5, 0.6) is 11.5 Å². The summed E-state index contributed by atoms with van der Waals surface area (Å²) in [6.07, 6.45) is 0.821. The Balaban J connectivity index is 2.46. The molecule has 1 atom stereocenters. The number of benzene rings is 1. The number of halogens is 1. The summed E-state index contributed by atoms with van der Waals surface area (Å²) in [6.45, 7) is -0.177. The largest absolute Gasteiger partial charge is 0.497 e. The van der Waals surface area contributed by atoms with Crippen molar-refractivity contribution < 1.29 is 23.8 Å². The molecule has 1 aromatic rings. The molecule has 0 amide bonds. The third kappa shape index (κ3) is 3.17. The van der Waals surface area contributed by atoms with Crippen molar-refractivity contribution >= 4 is 35.1 Å². The van der Waals surface area contributed by atoms with Gasteiger partial charge < -0.3 is 14.2 Å². The van der Waals surface area contributed by atoms with Gasteiger partial charge >= 0.3 is 5.97 Å². The standard InChI is InChI=1S/C15H17ClO5S/c1-19-10-4-5-11-12(8-10)22-15(6-3-7-16,14(18)20-2)13(17)9-21-11/h4-5,8H,3,6-7,9H2,1-2H3. The first kappa shape index (κ1) is 17.0. The van der Waals surface area contributed by atoms with Crippen molar-refractivity contribution in [2.75, 3.05) is 26.7 Å². The van der Waals surface area contributed by atoms with Crippen molar-refractivity contribution in [3.63, 3.8) is 0 Å². The number of Topliss-reactive ketones (excluding diaryl/α,β-unsaturated/α-hetero) is 1. The van der Waals surface area contributed by atoms with Gasteiger partial charge in [0, 0.05) is 5.88 Å². The van der Waals surface area contributed by atoms with Gasteiger partial charge in [-0.2, -0.15) is 0 Å². The minimum absolute atomic E-state index is 0.177. The Morgan fingerprint density at radius 2 is 2.23 bits per heavy atom. The second kappa shape index (κ2) is 7.24. The number of rotatable bonds is 5. The van der Waals surface area contributed by atoms with E-state index in [1.807, 2.05) is 0 Å². The third-order valence-corrected chi connectivity index (χ3v) is 5.17. The number of thioether (sulfide) groups is 1. The molecule has 0 spiro atoms. The molecule has 0 aromatic heterocycles. The maximum Gasteiger partial charge on any atom is 0.330 e. The van der Waals surface area contributed by atoms with Gasteiger partial charge in [0.25, 0.3) is 0 Å². The monoisotopic (exact) mass is 344 g/mol. The predicted octanol–water partition coefficient (Wildman–Crippen LogP) is 2.68. The van der Waals surface area contributed by atoms with E-state index in [1.165, 1.54) is 7.11 Å². The number of ketones is 1. The second-order valence-corrected chi connectivity index (χ2v) is 6.46. The van der Waals surface area contributed by atoms with E-state index in [0.717, 1.165) is 11.8 Å². The molecule has 1 aliphatic rings. The molecule has 7 heteroatoms. The maximum absolute atomic E-state index is 12.5. The van der Waals surface area contributed by atoms with Gasteiger partial charge in [0.15, 0.2) is 10.5 Å². The number of carbonyl (C=O) groups excluding carboxylic acids is 2. The average molecular weight is 345 g/mol. The minimum Gasteiger partial charge on any atom is -0.497 e. The molecular weight excluding hydrogens is 328 g/mol. The first-order valence-electron chi connectivity index (χ1n) is 6.75. The maximum atomic E-state index is 12.5. The van der Waals surface area contributed by atoms with E-state index < -0.39 is 10.7 Å².